The predicted molar refractivity (Wildman–Crippen MR) is 84.5 cm³/mol. The van der Waals surface area contributed by atoms with Crippen LogP contribution in [-0.2, 0) is 11.3 Å². The smallest absolute Gasteiger partial charge is 0.317 e. The molecule has 0 radical (unpaired) electrons. The van der Waals surface area contributed by atoms with E-state index in [9.17, 15) is 4.79 Å². The Kier molecular flexibility index (Phi) is 5.87. The summed E-state index contributed by atoms with van der Waals surface area (Å²) in [7, 11) is 0. The number of rotatable bonds is 4. The number of morpholine rings is 1. The molecule has 1 aromatic rings. The molecule has 0 aliphatic carbocycles. The Bertz CT molecular complexity index is 474. The number of aromatic nitrogens is 1. The van der Waals surface area contributed by atoms with Crippen molar-refractivity contribution in [1.29, 1.82) is 0 Å². The molecule has 21 heavy (non-hydrogen) atoms. The van der Waals surface area contributed by atoms with Crippen LogP contribution in [0, 0.1) is 0 Å². The molecule has 1 aromatic heterocycles. The summed E-state index contributed by atoms with van der Waals surface area (Å²) in [5.41, 5.74) is 1.07. The van der Waals surface area contributed by atoms with Crippen molar-refractivity contribution in [3.05, 3.63) is 23.9 Å². The fourth-order valence-electron chi connectivity index (χ4n) is 2.42. The lowest BCUT2D eigenvalue weighted by Gasteiger charge is -2.35. The number of urea groups is 1. The number of hydrogen-bond acceptors (Lipinski definition) is 4. The summed E-state index contributed by atoms with van der Waals surface area (Å²) >= 11 is 1.70. The minimum absolute atomic E-state index is 0.0292. The lowest BCUT2D eigenvalue weighted by molar-refractivity contribution is -0.0545. The first-order chi connectivity index (χ1) is 10.1. The second-order valence-electron chi connectivity index (χ2n) is 5.26. The van der Waals surface area contributed by atoms with Crippen molar-refractivity contribution in [2.75, 3.05) is 18.8 Å². The third kappa shape index (κ3) is 4.89. The maximum Gasteiger partial charge on any atom is 0.317 e. The summed E-state index contributed by atoms with van der Waals surface area (Å²) in [5, 5.41) is 3.97. The number of thioether (sulfide) groups is 1. The van der Waals surface area contributed by atoms with Crippen molar-refractivity contribution in [3.8, 4) is 0 Å². The Labute approximate surface area is 130 Å². The quantitative estimate of drug-likeness (QED) is 0.868. The van der Waals surface area contributed by atoms with Crippen LogP contribution in [0.25, 0.3) is 0 Å². The zero-order valence-corrected chi connectivity index (χ0v) is 13.7. The molecule has 2 amide bonds. The van der Waals surface area contributed by atoms with Crippen LogP contribution in [0.5, 0.6) is 0 Å². The van der Waals surface area contributed by atoms with Gasteiger partial charge >= 0.3 is 6.03 Å². The van der Waals surface area contributed by atoms with Gasteiger partial charge in [0.05, 0.1) is 17.2 Å². The Morgan fingerprint density at radius 3 is 2.86 bits per heavy atom. The van der Waals surface area contributed by atoms with Gasteiger partial charge < -0.3 is 15.0 Å². The van der Waals surface area contributed by atoms with E-state index < -0.39 is 0 Å². The molecule has 0 bridgehead atoms. The average molecular weight is 309 g/mol. The molecule has 1 N–H and O–H groups in total. The molecule has 2 atom stereocenters. The monoisotopic (exact) mass is 309 g/mol. The maximum atomic E-state index is 12.2. The lowest BCUT2D eigenvalue weighted by Crippen LogP contribution is -2.51. The fraction of sp³-hybridized carbons (Fsp3) is 0.600. The second-order valence-corrected chi connectivity index (χ2v) is 6.54. The minimum Gasteiger partial charge on any atom is -0.372 e. The van der Waals surface area contributed by atoms with Crippen LogP contribution in [-0.4, -0.2) is 47.0 Å². The summed E-state index contributed by atoms with van der Waals surface area (Å²) in [6.45, 7) is 7.90. The molecule has 2 heterocycles. The highest BCUT2D eigenvalue weighted by Gasteiger charge is 2.25. The lowest BCUT2D eigenvalue weighted by atomic mass is 10.2. The van der Waals surface area contributed by atoms with E-state index in [2.05, 4.69) is 17.2 Å². The van der Waals surface area contributed by atoms with Gasteiger partial charge in [0.2, 0.25) is 0 Å². The van der Waals surface area contributed by atoms with Crippen LogP contribution in [0.1, 0.15) is 26.3 Å². The van der Waals surface area contributed by atoms with Crippen molar-refractivity contribution in [1.82, 2.24) is 15.2 Å². The molecule has 116 valence electrons. The average Bonchev–Trinajstić information content (AvgIpc) is 2.44. The highest BCUT2D eigenvalue weighted by Crippen LogP contribution is 2.15. The Balaban J connectivity index is 1.87. The van der Waals surface area contributed by atoms with E-state index in [1.165, 1.54) is 0 Å². The molecule has 0 spiro atoms. The van der Waals surface area contributed by atoms with Crippen molar-refractivity contribution in [3.63, 3.8) is 0 Å². The molecule has 0 unspecified atom stereocenters. The van der Waals surface area contributed by atoms with E-state index in [1.807, 2.05) is 30.9 Å². The minimum atomic E-state index is -0.0292. The van der Waals surface area contributed by atoms with Gasteiger partial charge in [0, 0.05) is 25.8 Å². The number of carbonyl (C=O) groups excluding carboxylic acids is 1. The summed E-state index contributed by atoms with van der Waals surface area (Å²) in [5.74, 6) is 0.992. The van der Waals surface area contributed by atoms with E-state index in [0.29, 0.717) is 19.6 Å². The normalized spacial score (nSPS) is 22.1. The van der Waals surface area contributed by atoms with Crippen LogP contribution >= 0.6 is 11.8 Å². The number of pyridine rings is 1. The van der Waals surface area contributed by atoms with Crippen molar-refractivity contribution < 1.29 is 9.53 Å². The van der Waals surface area contributed by atoms with Crippen LogP contribution in [0.15, 0.2) is 23.4 Å². The van der Waals surface area contributed by atoms with Crippen molar-refractivity contribution in [2.24, 2.45) is 0 Å². The third-order valence-corrected chi connectivity index (χ3v) is 4.05. The Morgan fingerprint density at radius 2 is 2.19 bits per heavy atom. The molecule has 0 saturated carbocycles. The number of nitrogens with zero attached hydrogens (tertiary/aromatic N) is 2. The molecule has 1 fully saturated rings. The molecule has 2 rings (SSSR count). The van der Waals surface area contributed by atoms with Gasteiger partial charge in [-0.3, -0.25) is 0 Å². The number of ether oxygens (including phenoxy) is 1. The molecule has 1 aliphatic heterocycles. The van der Waals surface area contributed by atoms with E-state index in [0.717, 1.165) is 16.3 Å². The summed E-state index contributed by atoms with van der Waals surface area (Å²) < 4.78 is 5.64. The summed E-state index contributed by atoms with van der Waals surface area (Å²) in [6, 6.07) is 3.93. The number of hydrogen-bond donors (Lipinski definition) is 1. The van der Waals surface area contributed by atoms with E-state index in [4.69, 9.17) is 4.74 Å². The van der Waals surface area contributed by atoms with Gasteiger partial charge in [-0.2, -0.15) is 0 Å². The fourth-order valence-corrected chi connectivity index (χ4v) is 3.09. The molecule has 1 saturated heterocycles. The number of carbonyl (C=O) groups is 1. The van der Waals surface area contributed by atoms with Gasteiger partial charge in [-0.15, -0.1) is 11.8 Å². The molecule has 6 heteroatoms. The SMILES string of the molecule is CCSc1cc(CNC(=O)N2C[C@H](C)O[C@@H](C)C2)ccn1. The summed E-state index contributed by atoms with van der Waals surface area (Å²) in [4.78, 5) is 18.3. The van der Waals surface area contributed by atoms with Gasteiger partial charge in [0.25, 0.3) is 0 Å². The zero-order chi connectivity index (χ0) is 15.2. The van der Waals surface area contributed by atoms with Crippen molar-refractivity contribution in [2.45, 2.75) is 44.5 Å². The van der Waals surface area contributed by atoms with Gasteiger partial charge in [-0.1, -0.05) is 6.92 Å². The van der Waals surface area contributed by atoms with Crippen LogP contribution in [0.4, 0.5) is 4.79 Å². The van der Waals surface area contributed by atoms with Gasteiger partial charge in [0.1, 0.15) is 0 Å². The summed E-state index contributed by atoms with van der Waals surface area (Å²) in [6.07, 6.45) is 1.97. The molecule has 1 aliphatic rings. The molecular weight excluding hydrogens is 286 g/mol. The van der Waals surface area contributed by atoms with Crippen LogP contribution < -0.4 is 5.32 Å². The zero-order valence-electron chi connectivity index (χ0n) is 12.8. The van der Waals surface area contributed by atoms with Crippen LogP contribution in [0.2, 0.25) is 0 Å². The third-order valence-electron chi connectivity index (χ3n) is 3.24. The highest BCUT2D eigenvalue weighted by atomic mass is 32.2. The standard InChI is InChI=1S/C15H23N3O2S/c1-4-21-14-7-13(5-6-16-14)8-17-15(19)18-9-11(2)20-12(3)10-18/h5-7,11-12H,4,8-10H2,1-3H3,(H,17,19)/t11-,12-/m0/s1. The second kappa shape index (κ2) is 7.66. The first kappa shape index (κ1) is 16.1. The Hall–Kier alpha value is -1.27. The highest BCUT2D eigenvalue weighted by molar-refractivity contribution is 7.99. The largest absolute Gasteiger partial charge is 0.372 e. The van der Waals surface area contributed by atoms with Crippen LogP contribution in [0.3, 0.4) is 0 Å². The number of nitrogens with one attached hydrogen (secondary N) is 1. The number of amides is 2. The molecular formula is C15H23N3O2S. The first-order valence-corrected chi connectivity index (χ1v) is 8.33. The van der Waals surface area contributed by atoms with Gasteiger partial charge in [-0.25, -0.2) is 9.78 Å². The Morgan fingerprint density at radius 1 is 1.48 bits per heavy atom. The first-order valence-electron chi connectivity index (χ1n) is 7.34. The van der Waals surface area contributed by atoms with E-state index in [-0.39, 0.29) is 18.2 Å². The topological polar surface area (TPSA) is 54.5 Å². The maximum absolute atomic E-state index is 12.2. The predicted octanol–water partition coefficient (Wildman–Crippen LogP) is 2.51. The van der Waals surface area contributed by atoms with Crippen molar-refractivity contribution >= 4 is 17.8 Å². The molecule has 0 aromatic carbocycles. The van der Waals surface area contributed by atoms with E-state index in [1.54, 1.807) is 18.0 Å². The van der Waals surface area contributed by atoms with Gasteiger partial charge in [-0.05, 0) is 37.3 Å². The van der Waals surface area contributed by atoms with E-state index >= 15 is 0 Å². The molecule has 5 nitrogen and oxygen atoms in total. The van der Waals surface area contributed by atoms with Gasteiger partial charge in [0.15, 0.2) is 0 Å².